The Morgan fingerprint density at radius 2 is 1.94 bits per heavy atom. The van der Waals surface area contributed by atoms with Crippen LogP contribution >= 0.6 is 0 Å². The molecule has 1 saturated carbocycles. The molecule has 2 N–H and O–H groups in total. The fourth-order valence-electron chi connectivity index (χ4n) is 5.14. The van der Waals surface area contributed by atoms with Crippen LogP contribution in [-0.2, 0) is 0 Å². The van der Waals surface area contributed by atoms with Gasteiger partial charge in [-0.1, -0.05) is 30.5 Å². The molecule has 0 amide bonds. The summed E-state index contributed by atoms with van der Waals surface area (Å²) >= 11 is 0. The van der Waals surface area contributed by atoms with Crippen LogP contribution in [0.4, 0.5) is 11.6 Å². The van der Waals surface area contributed by atoms with Crippen molar-refractivity contribution in [1.82, 2.24) is 20.0 Å². The number of rotatable bonds is 8. The topological polar surface area (TPSA) is 96.5 Å². The first-order chi connectivity index (χ1) is 17.2. The summed E-state index contributed by atoms with van der Waals surface area (Å²) in [6, 6.07) is 9.79. The minimum atomic E-state index is -0.150. The second-order valence-corrected chi connectivity index (χ2v) is 9.67. The molecule has 3 heterocycles. The van der Waals surface area contributed by atoms with Gasteiger partial charge in [0, 0.05) is 43.5 Å². The number of hydrogen-bond donors (Lipinski definition) is 2. The molecule has 0 unspecified atom stereocenters. The lowest BCUT2D eigenvalue weighted by molar-refractivity contribution is 0.0755. The zero-order valence-corrected chi connectivity index (χ0v) is 20.4. The molecule has 2 aliphatic rings. The van der Waals surface area contributed by atoms with E-state index in [0.29, 0.717) is 18.5 Å². The van der Waals surface area contributed by atoms with Crippen molar-refractivity contribution >= 4 is 11.6 Å². The first kappa shape index (κ1) is 23.8. The van der Waals surface area contributed by atoms with Crippen molar-refractivity contribution in [2.24, 2.45) is 0 Å². The summed E-state index contributed by atoms with van der Waals surface area (Å²) in [5.41, 5.74) is 3.74. The van der Waals surface area contributed by atoms with Crippen LogP contribution in [0.2, 0.25) is 0 Å². The van der Waals surface area contributed by atoms with E-state index in [9.17, 15) is 5.11 Å². The van der Waals surface area contributed by atoms with Crippen molar-refractivity contribution in [2.45, 2.75) is 63.9 Å². The van der Waals surface area contributed by atoms with Crippen LogP contribution in [0, 0.1) is 6.92 Å². The highest BCUT2D eigenvalue weighted by atomic mass is 16.5. The summed E-state index contributed by atoms with van der Waals surface area (Å²) in [6.07, 6.45) is 9.40. The summed E-state index contributed by atoms with van der Waals surface area (Å²) < 4.78 is 11.6. The predicted octanol–water partition coefficient (Wildman–Crippen LogP) is 5.07. The van der Waals surface area contributed by atoms with E-state index in [1.54, 1.807) is 6.20 Å². The Balaban J connectivity index is 1.24. The number of aryl methyl sites for hydroxylation is 1. The van der Waals surface area contributed by atoms with Gasteiger partial charge >= 0.3 is 0 Å². The number of hydrogen-bond acceptors (Lipinski definition) is 8. The maximum Gasteiger partial charge on any atom is 0.227 e. The molecule has 0 atom stereocenters. The van der Waals surface area contributed by atoms with Crippen molar-refractivity contribution in [1.29, 1.82) is 0 Å². The summed E-state index contributed by atoms with van der Waals surface area (Å²) in [7, 11) is 0. The molecule has 0 radical (unpaired) electrons. The summed E-state index contributed by atoms with van der Waals surface area (Å²) in [5.74, 6) is 2.57. The van der Waals surface area contributed by atoms with E-state index in [-0.39, 0.29) is 6.10 Å². The maximum absolute atomic E-state index is 9.66. The smallest absolute Gasteiger partial charge is 0.227 e. The highest BCUT2D eigenvalue weighted by Crippen LogP contribution is 2.38. The minimum absolute atomic E-state index is 0.150. The molecule has 3 aromatic rings. The molecule has 0 spiro atoms. The third-order valence-electron chi connectivity index (χ3n) is 7.12. The molecule has 1 aromatic carbocycles. The van der Waals surface area contributed by atoms with Crippen molar-refractivity contribution in [3.8, 4) is 17.0 Å². The number of aromatic nitrogens is 3. The molecular formula is C27H35N5O3. The molecule has 1 aliphatic heterocycles. The number of likely N-dealkylation sites (tertiary alicyclic amines) is 1. The number of nitrogens with zero attached hydrogens (tertiary/aromatic N) is 4. The van der Waals surface area contributed by atoms with Crippen molar-refractivity contribution in [3.63, 3.8) is 0 Å². The lowest BCUT2D eigenvalue weighted by Gasteiger charge is -2.29. The number of nitrogens with one attached hydrogen (secondary N) is 1. The normalized spacial score (nSPS) is 18.0. The van der Waals surface area contributed by atoms with Crippen LogP contribution in [-0.4, -0.2) is 57.5 Å². The van der Waals surface area contributed by atoms with Gasteiger partial charge in [0.2, 0.25) is 5.95 Å². The Morgan fingerprint density at radius 3 is 2.77 bits per heavy atom. The average Bonchev–Trinajstić information content (AvgIpc) is 3.27. The minimum Gasteiger partial charge on any atom is -0.492 e. The first-order valence-electron chi connectivity index (χ1n) is 12.9. The number of aliphatic hydroxyl groups is 1. The Morgan fingerprint density at radius 1 is 1.11 bits per heavy atom. The standard InChI is InChI=1S/C27H35N5O3/c1-19-25(26(31-35-19)20-6-3-2-4-7-20)24-10-13-28-27(30-24)29-21-8-5-9-23(18-21)34-17-16-32-14-11-22(33)12-15-32/h5,8-10,13,18,20,22,33H,2-4,6-7,11-12,14-17H2,1H3,(H,28,29,30). The fraction of sp³-hybridized carbons (Fsp3) is 0.519. The van der Waals surface area contributed by atoms with Gasteiger partial charge in [0.25, 0.3) is 0 Å². The first-order valence-corrected chi connectivity index (χ1v) is 12.9. The van der Waals surface area contributed by atoms with Gasteiger partial charge in [0.15, 0.2) is 0 Å². The lowest BCUT2D eigenvalue weighted by atomic mass is 9.85. The molecule has 35 heavy (non-hydrogen) atoms. The number of ether oxygens (including phenoxy) is 1. The maximum atomic E-state index is 9.66. The largest absolute Gasteiger partial charge is 0.492 e. The molecule has 8 nitrogen and oxygen atoms in total. The number of aliphatic hydroxyl groups excluding tert-OH is 1. The van der Waals surface area contributed by atoms with Gasteiger partial charge in [-0.05, 0) is 50.8 Å². The average molecular weight is 478 g/mol. The molecule has 2 aromatic heterocycles. The lowest BCUT2D eigenvalue weighted by Crippen LogP contribution is -2.38. The Kier molecular flexibility index (Phi) is 7.59. The van der Waals surface area contributed by atoms with E-state index in [1.165, 1.54) is 19.3 Å². The number of benzene rings is 1. The number of piperidine rings is 1. The molecule has 186 valence electrons. The second-order valence-electron chi connectivity index (χ2n) is 9.67. The van der Waals surface area contributed by atoms with Crippen molar-refractivity contribution < 1.29 is 14.4 Å². The molecule has 8 heteroatoms. The predicted molar refractivity (Wildman–Crippen MR) is 135 cm³/mol. The SMILES string of the molecule is Cc1onc(C2CCCCC2)c1-c1ccnc(Nc2cccc(OCCN3CCC(O)CC3)c2)n1. The van der Waals surface area contributed by atoms with Gasteiger partial charge < -0.3 is 19.7 Å². The van der Waals surface area contributed by atoms with Crippen LogP contribution < -0.4 is 10.1 Å². The van der Waals surface area contributed by atoms with E-state index >= 15 is 0 Å². The monoisotopic (exact) mass is 477 g/mol. The summed E-state index contributed by atoms with van der Waals surface area (Å²) in [4.78, 5) is 11.6. The molecular weight excluding hydrogens is 442 g/mol. The van der Waals surface area contributed by atoms with Gasteiger partial charge in [-0.2, -0.15) is 0 Å². The third-order valence-corrected chi connectivity index (χ3v) is 7.12. The van der Waals surface area contributed by atoms with Gasteiger partial charge in [-0.3, -0.25) is 4.90 Å². The number of anilines is 2. The molecule has 5 rings (SSSR count). The van der Waals surface area contributed by atoms with Gasteiger partial charge in [0.1, 0.15) is 18.1 Å². The van der Waals surface area contributed by atoms with E-state index in [1.807, 2.05) is 37.3 Å². The van der Waals surface area contributed by atoms with E-state index < -0.39 is 0 Å². The highest BCUT2D eigenvalue weighted by molar-refractivity contribution is 5.66. The van der Waals surface area contributed by atoms with Crippen LogP contribution in [0.1, 0.15) is 62.3 Å². The molecule has 1 aliphatic carbocycles. The summed E-state index contributed by atoms with van der Waals surface area (Å²) in [6.45, 7) is 5.28. The van der Waals surface area contributed by atoms with Gasteiger partial charge in [-0.25, -0.2) is 9.97 Å². The van der Waals surface area contributed by atoms with Crippen LogP contribution in [0.25, 0.3) is 11.3 Å². The summed E-state index contributed by atoms with van der Waals surface area (Å²) in [5, 5.41) is 17.4. The van der Waals surface area contributed by atoms with Crippen molar-refractivity contribution in [2.75, 3.05) is 31.6 Å². The van der Waals surface area contributed by atoms with Gasteiger partial charge in [-0.15, -0.1) is 0 Å². The van der Waals surface area contributed by atoms with Crippen LogP contribution in [0.3, 0.4) is 0 Å². The van der Waals surface area contributed by atoms with Crippen LogP contribution in [0.5, 0.6) is 5.75 Å². The second kappa shape index (κ2) is 11.2. The molecule has 0 bridgehead atoms. The highest BCUT2D eigenvalue weighted by Gasteiger charge is 2.25. The Hall–Kier alpha value is -2.97. The van der Waals surface area contributed by atoms with E-state index in [0.717, 1.165) is 79.5 Å². The molecule has 1 saturated heterocycles. The Labute approximate surface area is 206 Å². The van der Waals surface area contributed by atoms with Gasteiger partial charge in [0.05, 0.1) is 23.1 Å². The zero-order valence-electron chi connectivity index (χ0n) is 20.4. The van der Waals surface area contributed by atoms with E-state index in [2.05, 4.69) is 20.4 Å². The van der Waals surface area contributed by atoms with Crippen molar-refractivity contribution in [3.05, 3.63) is 48.0 Å². The third kappa shape index (κ3) is 6.00. The fourth-order valence-corrected chi connectivity index (χ4v) is 5.14. The van der Waals surface area contributed by atoms with Crippen LogP contribution in [0.15, 0.2) is 41.1 Å². The zero-order chi connectivity index (χ0) is 24.0. The molecule has 2 fully saturated rings. The Bertz CT molecular complexity index is 1100. The quantitative estimate of drug-likeness (QED) is 0.464. The van der Waals surface area contributed by atoms with E-state index in [4.69, 9.17) is 14.2 Å².